The minimum Gasteiger partial charge on any atom is -0.290 e. The normalized spacial score (nSPS) is 46.4. The van der Waals surface area contributed by atoms with Crippen LogP contribution in [0.15, 0.2) is 11.6 Å². The van der Waals surface area contributed by atoms with Crippen LogP contribution in [-0.2, 0) is 0 Å². The van der Waals surface area contributed by atoms with Gasteiger partial charge in [-0.1, -0.05) is 11.6 Å². The molecule has 2 unspecified atom stereocenters. The van der Waals surface area contributed by atoms with E-state index >= 15 is 0 Å². The summed E-state index contributed by atoms with van der Waals surface area (Å²) in [5, 5.41) is 0. The molecule has 1 saturated heterocycles. The Labute approximate surface area is 55.3 Å². The van der Waals surface area contributed by atoms with Crippen molar-refractivity contribution >= 4 is 0 Å². The van der Waals surface area contributed by atoms with Gasteiger partial charge in [0, 0.05) is 12.1 Å². The molecule has 2 atom stereocenters. The molecule has 0 aromatic heterocycles. The van der Waals surface area contributed by atoms with Crippen LogP contribution in [0.25, 0.3) is 0 Å². The van der Waals surface area contributed by atoms with E-state index in [1.165, 1.54) is 25.8 Å². The molecular weight excluding hydrogens is 110 g/mol. The molecule has 0 radical (unpaired) electrons. The zero-order chi connectivity index (χ0) is 5.84. The maximum absolute atomic E-state index is 2.66. The van der Waals surface area contributed by atoms with Crippen molar-refractivity contribution in [2.45, 2.75) is 31.3 Å². The summed E-state index contributed by atoms with van der Waals surface area (Å²) in [5.74, 6) is 0. The summed E-state index contributed by atoms with van der Waals surface area (Å²) in [5.41, 5.74) is 1.74. The van der Waals surface area contributed by atoms with Crippen LogP contribution in [0.3, 0.4) is 0 Å². The number of nitrogens with zero attached hydrogens (tertiary/aromatic N) is 1. The molecule has 9 heavy (non-hydrogen) atoms. The van der Waals surface area contributed by atoms with Crippen LogP contribution in [0.4, 0.5) is 0 Å². The summed E-state index contributed by atoms with van der Waals surface area (Å²) >= 11 is 0. The first kappa shape index (κ1) is 4.51. The average molecular weight is 121 g/mol. The maximum atomic E-state index is 2.66. The van der Waals surface area contributed by atoms with Crippen molar-refractivity contribution in [3.63, 3.8) is 0 Å². The lowest BCUT2D eigenvalue weighted by atomic mass is 10.2. The Morgan fingerprint density at radius 1 is 1.56 bits per heavy atom. The first-order valence-electron chi connectivity index (χ1n) is 3.91. The molecule has 2 heterocycles. The van der Waals surface area contributed by atoms with Crippen LogP contribution in [0.2, 0.25) is 0 Å². The van der Waals surface area contributed by atoms with Crippen LogP contribution in [0.1, 0.15) is 19.3 Å². The van der Waals surface area contributed by atoms with Crippen LogP contribution >= 0.6 is 0 Å². The largest absolute Gasteiger partial charge is 0.290 e. The van der Waals surface area contributed by atoms with E-state index in [0.717, 1.165) is 12.1 Å². The van der Waals surface area contributed by atoms with Crippen LogP contribution < -0.4 is 0 Å². The van der Waals surface area contributed by atoms with Gasteiger partial charge in [0.05, 0.1) is 0 Å². The molecule has 0 bridgehead atoms. The Bertz CT molecular complexity index is 183. The van der Waals surface area contributed by atoms with E-state index in [4.69, 9.17) is 0 Å². The summed E-state index contributed by atoms with van der Waals surface area (Å²) in [4.78, 5) is 2.66. The molecule has 3 aliphatic rings. The number of fused-ring (bicyclic) bond motifs is 3. The van der Waals surface area contributed by atoms with Gasteiger partial charge in [0.25, 0.3) is 0 Å². The van der Waals surface area contributed by atoms with Crippen molar-refractivity contribution in [2.24, 2.45) is 0 Å². The topological polar surface area (TPSA) is 3.24 Å². The zero-order valence-electron chi connectivity index (χ0n) is 5.51. The standard InChI is InChI=1S/C8H11N/c1-2-7-4-6-5-8(6)9(7)3-1/h4,7-8H,1-3,5H2. The van der Waals surface area contributed by atoms with Crippen molar-refractivity contribution < 1.29 is 0 Å². The minimum atomic E-state index is 0.874. The van der Waals surface area contributed by atoms with Gasteiger partial charge in [-0.2, -0.15) is 0 Å². The molecule has 1 aliphatic carbocycles. The average Bonchev–Trinajstić information content (AvgIpc) is 2.38. The Balaban J connectivity index is 1.99. The maximum Gasteiger partial charge on any atom is 0.0352 e. The smallest absolute Gasteiger partial charge is 0.0352 e. The van der Waals surface area contributed by atoms with Gasteiger partial charge in [-0.3, -0.25) is 4.90 Å². The molecule has 2 fully saturated rings. The molecular formula is C8H11N. The van der Waals surface area contributed by atoms with Gasteiger partial charge < -0.3 is 0 Å². The van der Waals surface area contributed by atoms with Gasteiger partial charge in [0.15, 0.2) is 0 Å². The molecule has 0 N–H and O–H groups in total. The van der Waals surface area contributed by atoms with Crippen LogP contribution in [0.5, 0.6) is 0 Å². The predicted octanol–water partition coefficient (Wildman–Crippen LogP) is 1.16. The molecule has 0 amide bonds. The first-order chi connectivity index (χ1) is 4.45. The molecule has 3 rings (SSSR count). The third-order valence-electron chi connectivity index (χ3n) is 2.85. The molecule has 0 aromatic rings. The van der Waals surface area contributed by atoms with Crippen molar-refractivity contribution in [3.05, 3.63) is 11.6 Å². The van der Waals surface area contributed by atoms with Crippen molar-refractivity contribution in [1.29, 1.82) is 0 Å². The lowest BCUT2D eigenvalue weighted by Crippen LogP contribution is -2.26. The number of hydrogen-bond acceptors (Lipinski definition) is 1. The molecule has 1 heteroatoms. The van der Waals surface area contributed by atoms with E-state index in [1.54, 1.807) is 5.57 Å². The van der Waals surface area contributed by atoms with Crippen molar-refractivity contribution in [1.82, 2.24) is 4.90 Å². The van der Waals surface area contributed by atoms with Crippen LogP contribution in [0, 0.1) is 0 Å². The molecule has 0 aromatic carbocycles. The Kier molecular flexibility index (Phi) is 0.620. The highest BCUT2D eigenvalue weighted by atomic mass is 15.2. The summed E-state index contributed by atoms with van der Waals surface area (Å²) < 4.78 is 0. The van der Waals surface area contributed by atoms with Gasteiger partial charge in [0.2, 0.25) is 0 Å². The minimum absolute atomic E-state index is 0.874. The van der Waals surface area contributed by atoms with Crippen LogP contribution in [-0.4, -0.2) is 23.5 Å². The predicted molar refractivity (Wildman–Crippen MR) is 36.2 cm³/mol. The summed E-state index contributed by atoms with van der Waals surface area (Å²) in [6.45, 7) is 1.37. The second-order valence-electron chi connectivity index (χ2n) is 3.41. The van der Waals surface area contributed by atoms with E-state index in [-0.39, 0.29) is 0 Å². The van der Waals surface area contributed by atoms with Crippen molar-refractivity contribution in [2.75, 3.05) is 6.54 Å². The monoisotopic (exact) mass is 121 g/mol. The zero-order valence-corrected chi connectivity index (χ0v) is 5.51. The Morgan fingerprint density at radius 3 is 3.44 bits per heavy atom. The highest BCUT2D eigenvalue weighted by Gasteiger charge is 2.45. The van der Waals surface area contributed by atoms with Gasteiger partial charge in [-0.05, 0) is 25.8 Å². The molecule has 2 aliphatic heterocycles. The molecule has 48 valence electrons. The van der Waals surface area contributed by atoms with Gasteiger partial charge in [-0.15, -0.1) is 0 Å². The fraction of sp³-hybridized carbons (Fsp3) is 0.750. The van der Waals surface area contributed by atoms with Crippen molar-refractivity contribution in [3.8, 4) is 0 Å². The first-order valence-corrected chi connectivity index (χ1v) is 3.91. The number of hydrogen-bond donors (Lipinski definition) is 0. The Hall–Kier alpha value is -0.300. The van der Waals surface area contributed by atoms with Gasteiger partial charge in [0.1, 0.15) is 0 Å². The van der Waals surface area contributed by atoms with E-state index in [9.17, 15) is 0 Å². The highest BCUT2D eigenvalue weighted by molar-refractivity contribution is 5.37. The summed E-state index contributed by atoms with van der Waals surface area (Å²) in [6, 6.07) is 1.80. The van der Waals surface area contributed by atoms with Gasteiger partial charge in [-0.25, -0.2) is 0 Å². The van der Waals surface area contributed by atoms with E-state index < -0.39 is 0 Å². The van der Waals surface area contributed by atoms with Gasteiger partial charge >= 0.3 is 0 Å². The molecule has 0 spiro atoms. The third kappa shape index (κ3) is 0.445. The molecule has 1 nitrogen and oxygen atoms in total. The summed E-state index contributed by atoms with van der Waals surface area (Å²) in [6.07, 6.45) is 6.76. The lowest BCUT2D eigenvalue weighted by Gasteiger charge is -2.15. The fourth-order valence-electron chi connectivity index (χ4n) is 2.30. The molecule has 1 saturated carbocycles. The van der Waals surface area contributed by atoms with E-state index in [2.05, 4.69) is 11.0 Å². The summed E-state index contributed by atoms with van der Waals surface area (Å²) in [7, 11) is 0. The fourth-order valence-corrected chi connectivity index (χ4v) is 2.30. The third-order valence-corrected chi connectivity index (χ3v) is 2.85. The van der Waals surface area contributed by atoms with E-state index in [1.807, 2.05) is 0 Å². The van der Waals surface area contributed by atoms with E-state index in [0.29, 0.717) is 0 Å². The quantitative estimate of drug-likeness (QED) is 0.435. The second kappa shape index (κ2) is 1.24. The lowest BCUT2D eigenvalue weighted by molar-refractivity contribution is 0.301. The SMILES string of the molecule is C1=C2CC2N2CCCC12. The second-order valence-corrected chi connectivity index (χ2v) is 3.41. The Morgan fingerprint density at radius 2 is 2.56 bits per heavy atom. The highest BCUT2D eigenvalue weighted by Crippen LogP contribution is 2.45. The number of rotatable bonds is 0.